The molecule has 0 amide bonds. The van der Waals surface area contributed by atoms with Crippen LogP contribution in [-0.4, -0.2) is 43.9 Å². The molecule has 0 saturated carbocycles. The summed E-state index contributed by atoms with van der Waals surface area (Å²) >= 11 is 13.8. The van der Waals surface area contributed by atoms with Crippen molar-refractivity contribution >= 4 is 61.4 Å². The van der Waals surface area contributed by atoms with E-state index in [4.69, 9.17) is 23.2 Å². The highest BCUT2D eigenvalue weighted by atomic mass is 35.5. The van der Waals surface area contributed by atoms with Crippen LogP contribution < -0.4 is 4.90 Å². The number of alkyl halides is 2. The normalized spacial score (nSPS) is 16.8. The van der Waals surface area contributed by atoms with Gasteiger partial charge in [-0.25, -0.2) is 27.6 Å². The number of hydrogen-bond acceptors (Lipinski definition) is 6. The van der Waals surface area contributed by atoms with Gasteiger partial charge in [-0.15, -0.1) is 0 Å². The lowest BCUT2D eigenvalue weighted by atomic mass is 9.64. The van der Waals surface area contributed by atoms with Crippen LogP contribution in [0.25, 0.3) is 21.5 Å². The fourth-order valence-corrected chi connectivity index (χ4v) is 6.79. The highest BCUT2D eigenvalue weighted by Gasteiger charge is 2.42. The number of carbonyl (C=O) groups is 1. The minimum absolute atomic E-state index is 0.119. The van der Waals surface area contributed by atoms with E-state index < -0.39 is 18.2 Å². The van der Waals surface area contributed by atoms with Gasteiger partial charge in [-0.2, -0.15) is 5.10 Å². The van der Waals surface area contributed by atoms with Crippen molar-refractivity contribution < 1.29 is 23.1 Å². The molecule has 0 radical (unpaired) electrons. The molecule has 1 fully saturated rings. The van der Waals surface area contributed by atoms with Crippen LogP contribution in [0.4, 0.5) is 18.3 Å². The number of thiazole rings is 1. The molecule has 3 aromatic heterocycles. The number of hydrogen-bond donors (Lipinski definition) is 1. The standard InChI is InChI=1S/C25H18Cl2F3N5O2S/c26-15-10-31-11-16(27)21(15)35-20(14(9-32-35)22(29)30)13-7-25(8-13)1-3-34(4-2-25)24-33-19-17(28)5-12(23(36)37)6-18(19)38-24/h5-7,9-11,22H,1-4,8H2,(H,36,37). The number of piperidine rings is 1. The van der Waals surface area contributed by atoms with Crippen molar-refractivity contribution in [1.29, 1.82) is 0 Å². The van der Waals surface area contributed by atoms with Gasteiger partial charge in [-0.3, -0.25) is 4.98 Å². The van der Waals surface area contributed by atoms with Crippen molar-refractivity contribution in [3.63, 3.8) is 0 Å². The van der Waals surface area contributed by atoms with Crippen LogP contribution in [0.2, 0.25) is 10.0 Å². The molecule has 38 heavy (non-hydrogen) atoms. The molecule has 1 N–H and O–H groups in total. The Labute approximate surface area is 228 Å². The average Bonchev–Trinajstić information content (AvgIpc) is 3.48. The number of fused-ring (bicyclic) bond motifs is 1. The zero-order chi connectivity index (χ0) is 26.8. The van der Waals surface area contributed by atoms with Crippen LogP contribution >= 0.6 is 34.5 Å². The van der Waals surface area contributed by atoms with Crippen molar-refractivity contribution in [2.75, 3.05) is 18.0 Å². The third kappa shape index (κ3) is 4.13. The summed E-state index contributed by atoms with van der Waals surface area (Å²) in [6.45, 7) is 1.28. The van der Waals surface area contributed by atoms with Gasteiger partial charge >= 0.3 is 5.97 Å². The smallest absolute Gasteiger partial charge is 0.335 e. The molecule has 13 heteroatoms. The molecule has 1 aliphatic heterocycles. The molecule has 1 saturated heterocycles. The summed E-state index contributed by atoms with van der Waals surface area (Å²) in [5, 5.41) is 14.4. The first kappa shape index (κ1) is 25.1. The number of nitrogens with zero attached hydrogens (tertiary/aromatic N) is 5. The van der Waals surface area contributed by atoms with Crippen molar-refractivity contribution in [3.8, 4) is 5.69 Å². The predicted octanol–water partition coefficient (Wildman–Crippen LogP) is 7.03. The van der Waals surface area contributed by atoms with Crippen LogP contribution in [0.1, 0.15) is 47.3 Å². The molecule has 0 atom stereocenters. The third-order valence-electron chi connectivity index (χ3n) is 7.11. The Morgan fingerprint density at radius 1 is 1.13 bits per heavy atom. The van der Waals surface area contributed by atoms with Crippen LogP contribution in [0.15, 0.2) is 36.8 Å². The van der Waals surface area contributed by atoms with Gasteiger partial charge in [0.25, 0.3) is 6.43 Å². The zero-order valence-electron chi connectivity index (χ0n) is 19.5. The van der Waals surface area contributed by atoms with Gasteiger partial charge in [0, 0.05) is 25.5 Å². The lowest BCUT2D eigenvalue weighted by molar-refractivity contribution is 0.0696. The number of aromatic carboxylic acids is 1. The van der Waals surface area contributed by atoms with E-state index in [0.717, 1.165) is 30.7 Å². The molecule has 0 unspecified atom stereocenters. The Morgan fingerprint density at radius 3 is 2.45 bits per heavy atom. The van der Waals surface area contributed by atoms with E-state index >= 15 is 0 Å². The molecular formula is C25H18Cl2F3N5O2S. The van der Waals surface area contributed by atoms with E-state index in [1.807, 2.05) is 11.0 Å². The maximum atomic E-state index is 14.4. The number of carboxylic acid groups (broad SMARTS) is 1. The minimum Gasteiger partial charge on any atom is -0.478 e. The second kappa shape index (κ2) is 9.25. The number of pyridine rings is 1. The Bertz CT molecular complexity index is 1610. The van der Waals surface area contributed by atoms with Crippen molar-refractivity contribution in [1.82, 2.24) is 19.7 Å². The third-order valence-corrected chi connectivity index (χ3v) is 8.73. The van der Waals surface area contributed by atoms with Crippen molar-refractivity contribution in [2.45, 2.75) is 25.7 Å². The second-order valence-corrected chi connectivity index (χ2v) is 11.2. The molecule has 4 heterocycles. The highest BCUT2D eigenvalue weighted by molar-refractivity contribution is 7.22. The fraction of sp³-hybridized carbons (Fsp3) is 0.280. The molecule has 1 aliphatic carbocycles. The molecule has 1 spiro atoms. The van der Waals surface area contributed by atoms with Crippen molar-refractivity contribution in [3.05, 3.63) is 69.5 Å². The van der Waals surface area contributed by atoms with Crippen LogP contribution in [0, 0.1) is 11.2 Å². The Hall–Kier alpha value is -3.15. The molecule has 2 aliphatic rings. The quantitative estimate of drug-likeness (QED) is 0.273. The summed E-state index contributed by atoms with van der Waals surface area (Å²) in [6, 6.07) is 2.41. The number of allylic oxidation sites excluding steroid dienone is 2. The number of carboxylic acids is 1. The van der Waals surface area contributed by atoms with Gasteiger partial charge < -0.3 is 10.0 Å². The first-order valence-corrected chi connectivity index (χ1v) is 13.2. The predicted molar refractivity (Wildman–Crippen MR) is 139 cm³/mol. The number of anilines is 1. The number of halogens is 5. The molecule has 1 aromatic carbocycles. The van der Waals surface area contributed by atoms with Gasteiger partial charge in [-0.05, 0) is 42.4 Å². The number of rotatable bonds is 5. The minimum atomic E-state index is -2.72. The van der Waals surface area contributed by atoms with E-state index in [1.165, 1.54) is 34.5 Å². The summed E-state index contributed by atoms with van der Waals surface area (Å²) in [5.74, 6) is -1.86. The lowest BCUT2D eigenvalue weighted by Gasteiger charge is -2.46. The maximum absolute atomic E-state index is 14.4. The van der Waals surface area contributed by atoms with Crippen LogP contribution in [0.3, 0.4) is 0 Å². The monoisotopic (exact) mass is 579 g/mol. The SMILES string of the molecule is O=C(O)c1cc(F)c2nc(N3CCC4(C=C(c5c(C(F)F)cnn5-c5c(Cl)cncc5Cl)C4)CC3)sc2c1. The summed E-state index contributed by atoms with van der Waals surface area (Å²) < 4.78 is 44.1. The zero-order valence-corrected chi connectivity index (χ0v) is 21.8. The first-order valence-electron chi connectivity index (χ1n) is 11.6. The lowest BCUT2D eigenvalue weighted by Crippen LogP contribution is -2.42. The largest absolute Gasteiger partial charge is 0.478 e. The van der Waals surface area contributed by atoms with Gasteiger partial charge in [0.2, 0.25) is 0 Å². The molecule has 4 aromatic rings. The Morgan fingerprint density at radius 2 is 1.82 bits per heavy atom. The maximum Gasteiger partial charge on any atom is 0.335 e. The van der Waals surface area contributed by atoms with Gasteiger partial charge in [0.05, 0.1) is 37.8 Å². The molecular weight excluding hydrogens is 562 g/mol. The van der Waals surface area contributed by atoms with Crippen LogP contribution in [0.5, 0.6) is 0 Å². The van der Waals surface area contributed by atoms with Gasteiger partial charge in [0.1, 0.15) is 11.2 Å². The summed E-state index contributed by atoms with van der Waals surface area (Å²) in [5.41, 5.74) is 1.03. The highest BCUT2D eigenvalue weighted by Crippen LogP contribution is 2.53. The summed E-state index contributed by atoms with van der Waals surface area (Å²) in [6.07, 6.45) is 5.32. The van der Waals surface area contributed by atoms with E-state index in [2.05, 4.69) is 15.1 Å². The fourth-order valence-electron chi connectivity index (χ4n) is 5.19. The van der Waals surface area contributed by atoms with E-state index in [1.54, 1.807) is 0 Å². The molecule has 7 nitrogen and oxygen atoms in total. The average molecular weight is 580 g/mol. The van der Waals surface area contributed by atoms with Crippen LogP contribution in [-0.2, 0) is 0 Å². The topological polar surface area (TPSA) is 84.1 Å². The second-order valence-electron chi connectivity index (χ2n) is 9.41. The van der Waals surface area contributed by atoms with E-state index in [-0.39, 0.29) is 32.1 Å². The molecule has 0 bridgehead atoms. The van der Waals surface area contributed by atoms with Gasteiger partial charge in [0.15, 0.2) is 10.9 Å². The summed E-state index contributed by atoms with van der Waals surface area (Å²) in [7, 11) is 0. The number of aromatic nitrogens is 4. The Balaban J connectivity index is 1.26. The summed E-state index contributed by atoms with van der Waals surface area (Å²) in [4.78, 5) is 21.6. The number of benzene rings is 1. The van der Waals surface area contributed by atoms with Crippen molar-refractivity contribution in [2.24, 2.45) is 5.41 Å². The molecule has 196 valence electrons. The van der Waals surface area contributed by atoms with Gasteiger partial charge in [-0.1, -0.05) is 40.6 Å². The van der Waals surface area contributed by atoms with E-state index in [0.29, 0.717) is 40.7 Å². The van der Waals surface area contributed by atoms with E-state index in [9.17, 15) is 23.1 Å². The Kier molecular flexibility index (Phi) is 6.12. The first-order chi connectivity index (χ1) is 18.2. The molecule has 6 rings (SSSR count).